The number of hydrogen-bond acceptors (Lipinski definition) is 2. The van der Waals surface area contributed by atoms with Gasteiger partial charge in [-0.25, -0.2) is 0 Å². The fourth-order valence-electron chi connectivity index (χ4n) is 3.02. The molecule has 94 valence electrons. The van der Waals surface area contributed by atoms with Crippen LogP contribution < -0.4 is 5.73 Å². The van der Waals surface area contributed by atoms with E-state index in [0.29, 0.717) is 0 Å². The molecule has 0 aromatic heterocycles. The minimum atomic E-state index is 0.0514. The molecule has 0 aromatic carbocycles. The Hall–Kier alpha value is -0.340. The summed E-state index contributed by atoms with van der Waals surface area (Å²) < 4.78 is 0. The third-order valence-corrected chi connectivity index (χ3v) is 3.59. The molecule has 0 amide bonds. The summed E-state index contributed by atoms with van der Waals surface area (Å²) in [5.41, 5.74) is 6.59. The third kappa shape index (κ3) is 4.26. The molecule has 2 heteroatoms. The molecule has 0 saturated heterocycles. The number of nitrogens with zero attached hydrogens (tertiary/aromatic N) is 1. The fourth-order valence-corrected chi connectivity index (χ4v) is 3.02. The van der Waals surface area contributed by atoms with E-state index in [9.17, 15) is 0 Å². The zero-order valence-electron chi connectivity index (χ0n) is 11.0. The second-order valence-corrected chi connectivity index (χ2v) is 5.59. The maximum absolute atomic E-state index is 6.53. The normalized spacial score (nSPS) is 30.6. The zero-order valence-corrected chi connectivity index (χ0v) is 11.0. The molecule has 0 spiro atoms. The Balaban J connectivity index is 2.50. The maximum Gasteiger partial charge on any atom is 0.0286 e. The molecule has 2 nitrogen and oxygen atoms in total. The van der Waals surface area contributed by atoms with E-state index in [2.05, 4.69) is 25.3 Å². The molecule has 0 aromatic rings. The summed E-state index contributed by atoms with van der Waals surface area (Å²) in [4.78, 5) is 2.45. The van der Waals surface area contributed by atoms with E-state index in [4.69, 9.17) is 5.73 Å². The molecule has 1 saturated carbocycles. The number of hydrogen-bond donors (Lipinski definition) is 1. The Morgan fingerprint density at radius 2 is 2.31 bits per heavy atom. The lowest BCUT2D eigenvalue weighted by atomic mass is 9.77. The highest BCUT2D eigenvalue weighted by Gasteiger charge is 2.32. The molecule has 1 rings (SSSR count). The van der Waals surface area contributed by atoms with Gasteiger partial charge in [-0.3, -0.25) is 4.90 Å². The Labute approximate surface area is 101 Å². The predicted octanol–water partition coefficient (Wildman–Crippen LogP) is 2.79. The van der Waals surface area contributed by atoms with E-state index < -0.39 is 0 Å². The Kier molecular flexibility index (Phi) is 5.50. The molecule has 1 fully saturated rings. The van der Waals surface area contributed by atoms with Crippen LogP contribution in [0.5, 0.6) is 0 Å². The molecular weight excluding hydrogens is 196 g/mol. The average molecular weight is 224 g/mol. The lowest BCUT2D eigenvalue weighted by Gasteiger charge is -2.40. The van der Waals surface area contributed by atoms with Crippen molar-refractivity contribution in [2.75, 3.05) is 19.6 Å². The molecule has 1 aliphatic carbocycles. The molecule has 1 aliphatic rings. The highest BCUT2D eigenvalue weighted by molar-refractivity contribution is 4.93. The first-order valence-electron chi connectivity index (χ1n) is 6.72. The van der Waals surface area contributed by atoms with Crippen molar-refractivity contribution in [2.24, 2.45) is 11.7 Å². The first-order chi connectivity index (χ1) is 7.59. The van der Waals surface area contributed by atoms with Crippen LogP contribution in [-0.2, 0) is 0 Å². The highest BCUT2D eigenvalue weighted by Crippen LogP contribution is 2.31. The van der Waals surface area contributed by atoms with Crippen molar-refractivity contribution in [1.29, 1.82) is 0 Å². The molecule has 0 bridgehead atoms. The van der Waals surface area contributed by atoms with Crippen molar-refractivity contribution < 1.29 is 0 Å². The molecular formula is C14H28N2. The summed E-state index contributed by atoms with van der Waals surface area (Å²) in [6.45, 7) is 11.5. The maximum atomic E-state index is 6.53. The van der Waals surface area contributed by atoms with Crippen LogP contribution >= 0.6 is 0 Å². The summed E-state index contributed by atoms with van der Waals surface area (Å²) in [5, 5.41) is 0. The molecule has 0 heterocycles. The molecule has 2 N–H and O–H groups in total. The largest absolute Gasteiger partial charge is 0.324 e. The minimum Gasteiger partial charge on any atom is -0.324 e. The van der Waals surface area contributed by atoms with Gasteiger partial charge in [0.1, 0.15) is 0 Å². The summed E-state index contributed by atoms with van der Waals surface area (Å²) in [5.74, 6) is 0.797. The van der Waals surface area contributed by atoms with Crippen molar-refractivity contribution >= 4 is 0 Å². The van der Waals surface area contributed by atoms with Crippen LogP contribution in [0.3, 0.4) is 0 Å². The monoisotopic (exact) mass is 224 g/mol. The van der Waals surface area contributed by atoms with Crippen molar-refractivity contribution in [1.82, 2.24) is 4.90 Å². The number of rotatable bonds is 6. The average Bonchev–Trinajstić information content (AvgIpc) is 2.17. The first-order valence-corrected chi connectivity index (χ1v) is 6.72. The van der Waals surface area contributed by atoms with Crippen LogP contribution in [0.15, 0.2) is 12.7 Å². The van der Waals surface area contributed by atoms with Gasteiger partial charge in [0.05, 0.1) is 0 Å². The lowest BCUT2D eigenvalue weighted by Crippen LogP contribution is -2.52. The Morgan fingerprint density at radius 3 is 2.88 bits per heavy atom. The Morgan fingerprint density at radius 1 is 1.56 bits per heavy atom. The van der Waals surface area contributed by atoms with Crippen LogP contribution in [0.1, 0.15) is 46.0 Å². The fraction of sp³-hybridized carbons (Fsp3) is 0.857. The van der Waals surface area contributed by atoms with Gasteiger partial charge in [-0.2, -0.15) is 0 Å². The highest BCUT2D eigenvalue weighted by atomic mass is 15.1. The van der Waals surface area contributed by atoms with E-state index in [1.165, 1.54) is 32.1 Å². The van der Waals surface area contributed by atoms with Gasteiger partial charge >= 0.3 is 0 Å². The summed E-state index contributed by atoms with van der Waals surface area (Å²) in [7, 11) is 0. The molecule has 0 radical (unpaired) electrons. The van der Waals surface area contributed by atoms with Gasteiger partial charge in [-0.1, -0.05) is 32.8 Å². The standard InChI is InChI=1S/C14H28N2/c1-4-9-16(10-5-2)12-14(15)8-6-7-13(3)11-14/h4,13H,1,5-12,15H2,2-3H3. The Bertz CT molecular complexity index is 215. The predicted molar refractivity (Wildman–Crippen MR) is 71.5 cm³/mol. The van der Waals surface area contributed by atoms with Gasteiger partial charge in [0.15, 0.2) is 0 Å². The smallest absolute Gasteiger partial charge is 0.0286 e. The SMILES string of the molecule is C=CCN(CCC)CC1(N)CCCC(C)C1. The summed E-state index contributed by atoms with van der Waals surface area (Å²) in [6, 6.07) is 0. The van der Waals surface area contributed by atoms with Gasteiger partial charge in [0.2, 0.25) is 0 Å². The van der Waals surface area contributed by atoms with E-state index in [0.717, 1.165) is 25.6 Å². The topological polar surface area (TPSA) is 29.3 Å². The lowest BCUT2D eigenvalue weighted by molar-refractivity contribution is 0.159. The van der Waals surface area contributed by atoms with Crippen LogP contribution in [0.2, 0.25) is 0 Å². The first kappa shape index (κ1) is 13.7. The summed E-state index contributed by atoms with van der Waals surface area (Å²) >= 11 is 0. The van der Waals surface area contributed by atoms with Crippen LogP contribution in [0, 0.1) is 5.92 Å². The van der Waals surface area contributed by atoms with Gasteiger partial charge in [-0.15, -0.1) is 6.58 Å². The third-order valence-electron chi connectivity index (χ3n) is 3.59. The van der Waals surface area contributed by atoms with Crippen molar-refractivity contribution in [3.63, 3.8) is 0 Å². The van der Waals surface area contributed by atoms with Crippen LogP contribution in [0.25, 0.3) is 0 Å². The molecule has 2 unspecified atom stereocenters. The van der Waals surface area contributed by atoms with Gasteiger partial charge in [0, 0.05) is 18.6 Å². The quantitative estimate of drug-likeness (QED) is 0.703. The summed E-state index contributed by atoms with van der Waals surface area (Å²) in [6.07, 6.45) is 8.21. The van der Waals surface area contributed by atoms with Crippen molar-refractivity contribution in [3.8, 4) is 0 Å². The van der Waals surface area contributed by atoms with Crippen LogP contribution in [-0.4, -0.2) is 30.1 Å². The second-order valence-electron chi connectivity index (χ2n) is 5.59. The van der Waals surface area contributed by atoms with E-state index in [1.807, 2.05) is 6.08 Å². The van der Waals surface area contributed by atoms with Crippen molar-refractivity contribution in [3.05, 3.63) is 12.7 Å². The van der Waals surface area contributed by atoms with Crippen molar-refractivity contribution in [2.45, 2.75) is 51.5 Å². The van der Waals surface area contributed by atoms with Gasteiger partial charge in [-0.05, 0) is 31.7 Å². The zero-order chi connectivity index (χ0) is 12.0. The molecule has 16 heavy (non-hydrogen) atoms. The van der Waals surface area contributed by atoms with E-state index in [-0.39, 0.29) is 5.54 Å². The second kappa shape index (κ2) is 6.41. The van der Waals surface area contributed by atoms with E-state index >= 15 is 0 Å². The molecule has 2 atom stereocenters. The van der Waals surface area contributed by atoms with E-state index in [1.54, 1.807) is 0 Å². The van der Waals surface area contributed by atoms with Gasteiger partial charge < -0.3 is 5.73 Å². The molecule has 0 aliphatic heterocycles. The van der Waals surface area contributed by atoms with Crippen LogP contribution in [0.4, 0.5) is 0 Å². The van der Waals surface area contributed by atoms with Gasteiger partial charge in [0.25, 0.3) is 0 Å². The minimum absolute atomic E-state index is 0.0514. The number of nitrogens with two attached hydrogens (primary N) is 1.